The number of hydrogen-bond donors (Lipinski definition) is 5. The van der Waals surface area contributed by atoms with Gasteiger partial charge in [0.25, 0.3) is 0 Å². The molecule has 0 saturated carbocycles. The largest absolute Gasteiger partial charge is 0.344 e. The number of ether oxygens (including phenoxy) is 2. The van der Waals surface area contributed by atoms with E-state index in [-0.39, 0.29) is 11.4 Å². The van der Waals surface area contributed by atoms with Crippen LogP contribution in [0.15, 0.2) is 0 Å². The zero-order valence-corrected chi connectivity index (χ0v) is 15.5. The Morgan fingerprint density at radius 3 is 2.26 bits per heavy atom. The monoisotopic (exact) mass is 425 g/mol. The normalized spacial score (nSPS) is 30.0. The van der Waals surface area contributed by atoms with Crippen molar-refractivity contribution in [2.45, 2.75) is 47.3 Å². The van der Waals surface area contributed by atoms with Crippen molar-refractivity contribution in [1.82, 2.24) is 6.15 Å². The minimum absolute atomic E-state index is 0. The third-order valence-corrected chi connectivity index (χ3v) is 5.83. The van der Waals surface area contributed by atoms with E-state index in [1.807, 2.05) is 0 Å². The van der Waals surface area contributed by atoms with Gasteiger partial charge < -0.3 is 6.15 Å². The second-order valence-electron chi connectivity index (χ2n) is 5.48. The minimum atomic E-state index is -4.67. The summed E-state index contributed by atoms with van der Waals surface area (Å²) in [6.07, 6.45) is -6.15. The molecular formula is C10H24AsNO10S. The van der Waals surface area contributed by atoms with Crippen molar-refractivity contribution in [2.24, 2.45) is 0 Å². The molecule has 0 aromatic carbocycles. The Labute approximate surface area is 136 Å². The summed E-state index contributed by atoms with van der Waals surface area (Å²) in [6.45, 7) is -1.20. The van der Waals surface area contributed by atoms with E-state index >= 15 is 0 Å². The van der Waals surface area contributed by atoms with Crippen LogP contribution >= 0.6 is 0 Å². The van der Waals surface area contributed by atoms with Crippen LogP contribution in [0.3, 0.4) is 0 Å². The standard InChI is InChI=1S/C10H21AsO10S.H3N/c1-11(2,15)3-7-8(13)9(14)10(21-7)19-4-6(12)5-20-22(16,17)18;/h6-10,12-14H,3-5H2,1-2H3,(H,16,17,18);1H3/t6-,7+,8+,9+,10+;/m0./s1. The van der Waals surface area contributed by atoms with Crippen LogP contribution in [0.5, 0.6) is 0 Å². The Hall–Kier alpha value is -0.0116. The summed E-state index contributed by atoms with van der Waals surface area (Å²) in [6, 6.07) is 0. The molecular weight excluding hydrogens is 401 g/mol. The van der Waals surface area contributed by atoms with Crippen LogP contribution in [0.1, 0.15) is 0 Å². The van der Waals surface area contributed by atoms with Crippen molar-refractivity contribution in [3.05, 3.63) is 0 Å². The molecule has 1 saturated heterocycles. The Balaban J connectivity index is 0.00000484. The summed E-state index contributed by atoms with van der Waals surface area (Å²) in [5, 5.41) is 29.1. The van der Waals surface area contributed by atoms with Gasteiger partial charge in [-0.1, -0.05) is 0 Å². The van der Waals surface area contributed by atoms with Crippen LogP contribution in [-0.4, -0.2) is 85.7 Å². The van der Waals surface area contributed by atoms with E-state index in [2.05, 4.69) is 4.18 Å². The number of aliphatic hydroxyl groups is 3. The zero-order chi connectivity index (χ0) is 17.1. The smallest absolute Gasteiger partial charge is 0.344 e. The maximum Gasteiger partial charge on any atom is -0.344 e. The van der Waals surface area contributed by atoms with Gasteiger partial charge >= 0.3 is 130 Å². The number of rotatable bonds is 8. The Kier molecular flexibility index (Phi) is 8.90. The second kappa shape index (κ2) is 8.90. The van der Waals surface area contributed by atoms with E-state index < -0.39 is 67.8 Å². The molecule has 1 rings (SSSR count). The van der Waals surface area contributed by atoms with Crippen molar-refractivity contribution >= 4 is 23.9 Å². The molecule has 0 aromatic heterocycles. The molecule has 23 heavy (non-hydrogen) atoms. The number of hydrogen-bond acceptors (Lipinski definition) is 10. The first-order valence-electron chi connectivity index (χ1n) is 6.36. The quantitative estimate of drug-likeness (QED) is 0.223. The van der Waals surface area contributed by atoms with Gasteiger partial charge in [0, 0.05) is 0 Å². The van der Waals surface area contributed by atoms with Gasteiger partial charge in [0.1, 0.15) is 0 Å². The predicted molar refractivity (Wildman–Crippen MR) is 78.1 cm³/mol. The molecule has 0 amide bonds. The molecule has 11 nitrogen and oxygen atoms in total. The van der Waals surface area contributed by atoms with Crippen molar-refractivity contribution in [3.8, 4) is 0 Å². The fourth-order valence-electron chi connectivity index (χ4n) is 1.85. The van der Waals surface area contributed by atoms with Crippen molar-refractivity contribution < 1.29 is 45.7 Å². The van der Waals surface area contributed by atoms with Gasteiger partial charge in [0.15, 0.2) is 0 Å². The Morgan fingerprint density at radius 2 is 1.78 bits per heavy atom. The van der Waals surface area contributed by atoms with Gasteiger partial charge in [0.05, 0.1) is 0 Å². The van der Waals surface area contributed by atoms with Gasteiger partial charge in [-0.25, -0.2) is 0 Å². The van der Waals surface area contributed by atoms with Crippen molar-refractivity contribution in [1.29, 1.82) is 0 Å². The SMILES string of the molecule is C[As](C)(=O)C[C@H]1O[C@@H](OC[C@H](O)COS(=O)(=O)O)[C@H](O)[C@@H]1O.N. The number of aliphatic hydroxyl groups excluding tert-OH is 3. The summed E-state index contributed by atoms with van der Waals surface area (Å²) >= 11 is -3.10. The molecule has 0 aliphatic carbocycles. The first-order valence-corrected chi connectivity index (χ1v) is 13.6. The molecule has 5 atom stereocenters. The van der Waals surface area contributed by atoms with Gasteiger partial charge in [-0.15, -0.1) is 0 Å². The molecule has 140 valence electrons. The minimum Gasteiger partial charge on any atom is -0.344 e. The molecule has 7 N–H and O–H groups in total. The average molecular weight is 425 g/mol. The van der Waals surface area contributed by atoms with E-state index in [0.717, 1.165) is 0 Å². The van der Waals surface area contributed by atoms with E-state index in [4.69, 9.17) is 14.0 Å². The molecule has 0 unspecified atom stereocenters. The van der Waals surface area contributed by atoms with Crippen LogP contribution in [0.2, 0.25) is 16.6 Å². The average Bonchev–Trinajstić information content (AvgIpc) is 2.59. The summed E-state index contributed by atoms with van der Waals surface area (Å²) in [5.41, 5.74) is 3.15. The topological polar surface area (TPSA) is 195 Å². The molecule has 1 aliphatic heterocycles. The first kappa shape index (κ1) is 23.0. The van der Waals surface area contributed by atoms with Crippen LogP contribution < -0.4 is 6.15 Å². The second-order valence-corrected chi connectivity index (χ2v) is 13.9. The zero-order valence-electron chi connectivity index (χ0n) is 12.8. The van der Waals surface area contributed by atoms with Crippen LogP contribution in [0.25, 0.3) is 0 Å². The van der Waals surface area contributed by atoms with Gasteiger partial charge in [0.2, 0.25) is 0 Å². The van der Waals surface area contributed by atoms with Gasteiger partial charge in [-0.2, -0.15) is 0 Å². The van der Waals surface area contributed by atoms with E-state index in [1.54, 1.807) is 11.4 Å². The summed E-state index contributed by atoms with van der Waals surface area (Å²) < 4.78 is 55.0. The first-order chi connectivity index (χ1) is 9.89. The van der Waals surface area contributed by atoms with Crippen LogP contribution in [0.4, 0.5) is 0 Å². The van der Waals surface area contributed by atoms with Crippen molar-refractivity contribution in [2.75, 3.05) is 13.2 Å². The Bertz CT molecular complexity index is 508. The fraction of sp³-hybridized carbons (Fsp3) is 1.00. The molecule has 1 heterocycles. The molecule has 0 aromatic rings. The summed E-state index contributed by atoms with van der Waals surface area (Å²) in [5.74, 6) is 0. The molecule has 1 aliphatic rings. The van der Waals surface area contributed by atoms with Gasteiger partial charge in [-0.05, 0) is 0 Å². The van der Waals surface area contributed by atoms with E-state index in [0.29, 0.717) is 0 Å². The van der Waals surface area contributed by atoms with Crippen LogP contribution in [0, 0.1) is 0 Å². The maximum absolute atomic E-state index is 11.8. The predicted octanol–water partition coefficient (Wildman–Crippen LogP) is -1.57. The third kappa shape index (κ3) is 8.59. The van der Waals surface area contributed by atoms with E-state index in [1.165, 1.54) is 0 Å². The molecule has 1 fully saturated rings. The molecule has 0 radical (unpaired) electrons. The molecule has 0 bridgehead atoms. The maximum atomic E-state index is 11.8. The summed E-state index contributed by atoms with van der Waals surface area (Å²) in [7, 11) is -4.67. The fourth-order valence-corrected chi connectivity index (χ4v) is 4.64. The summed E-state index contributed by atoms with van der Waals surface area (Å²) in [4.78, 5) is 0. The van der Waals surface area contributed by atoms with Gasteiger partial charge in [-0.3, -0.25) is 0 Å². The molecule has 13 heteroatoms. The van der Waals surface area contributed by atoms with Crippen LogP contribution in [-0.2, 0) is 27.8 Å². The van der Waals surface area contributed by atoms with E-state index in [9.17, 15) is 27.5 Å². The Morgan fingerprint density at radius 1 is 1.22 bits per heavy atom. The molecule has 0 spiro atoms. The third-order valence-electron chi connectivity index (χ3n) is 2.80. The van der Waals surface area contributed by atoms with Crippen molar-refractivity contribution in [3.63, 3.8) is 0 Å².